The third-order valence-electron chi connectivity index (χ3n) is 1.83. The van der Waals surface area contributed by atoms with Crippen LogP contribution in [0, 0.1) is 6.92 Å². The standard InChI is InChI=1S/C11H13BrO/c1-9-5-6-11(12)8-10(9)4-2-3-7-13/h2,4-6,8,13H,3,7H2,1H3. The van der Waals surface area contributed by atoms with Crippen LogP contribution in [0.4, 0.5) is 0 Å². The van der Waals surface area contributed by atoms with E-state index in [4.69, 9.17) is 5.11 Å². The number of aliphatic hydroxyl groups excluding tert-OH is 1. The van der Waals surface area contributed by atoms with Gasteiger partial charge in [-0.05, 0) is 36.6 Å². The first-order valence-electron chi connectivity index (χ1n) is 4.27. The van der Waals surface area contributed by atoms with Gasteiger partial charge in [-0.1, -0.05) is 34.1 Å². The quantitative estimate of drug-likeness (QED) is 0.861. The first-order valence-corrected chi connectivity index (χ1v) is 5.07. The highest BCUT2D eigenvalue weighted by Crippen LogP contribution is 2.17. The molecule has 1 N–H and O–H groups in total. The fourth-order valence-electron chi connectivity index (χ4n) is 1.08. The van der Waals surface area contributed by atoms with Crippen molar-refractivity contribution in [1.29, 1.82) is 0 Å². The minimum absolute atomic E-state index is 0.212. The summed E-state index contributed by atoms with van der Waals surface area (Å²) in [4.78, 5) is 0. The number of hydrogen-bond acceptors (Lipinski definition) is 1. The zero-order valence-electron chi connectivity index (χ0n) is 7.63. The summed E-state index contributed by atoms with van der Waals surface area (Å²) < 4.78 is 1.08. The van der Waals surface area contributed by atoms with Crippen molar-refractivity contribution in [3.8, 4) is 0 Å². The molecule has 70 valence electrons. The Morgan fingerprint density at radius 3 is 2.92 bits per heavy atom. The minimum Gasteiger partial charge on any atom is -0.396 e. The van der Waals surface area contributed by atoms with Crippen molar-refractivity contribution in [2.24, 2.45) is 0 Å². The van der Waals surface area contributed by atoms with Crippen LogP contribution in [0.2, 0.25) is 0 Å². The van der Waals surface area contributed by atoms with Gasteiger partial charge in [-0.3, -0.25) is 0 Å². The van der Waals surface area contributed by atoms with E-state index in [1.807, 2.05) is 18.2 Å². The zero-order valence-corrected chi connectivity index (χ0v) is 9.21. The third-order valence-corrected chi connectivity index (χ3v) is 2.33. The summed E-state index contributed by atoms with van der Waals surface area (Å²) in [5.41, 5.74) is 2.44. The molecular weight excluding hydrogens is 228 g/mol. The Balaban J connectivity index is 2.81. The molecule has 0 radical (unpaired) electrons. The molecule has 0 atom stereocenters. The minimum atomic E-state index is 0.212. The first kappa shape index (κ1) is 10.5. The summed E-state index contributed by atoms with van der Waals surface area (Å²) in [7, 11) is 0. The molecule has 0 fully saturated rings. The highest BCUT2D eigenvalue weighted by Gasteiger charge is 1.94. The lowest BCUT2D eigenvalue weighted by Crippen LogP contribution is -1.81. The molecule has 0 aromatic heterocycles. The summed E-state index contributed by atoms with van der Waals surface area (Å²) in [5, 5.41) is 8.61. The maximum atomic E-state index is 8.61. The molecule has 0 aliphatic carbocycles. The molecular formula is C11H13BrO. The van der Waals surface area contributed by atoms with E-state index in [1.54, 1.807) is 0 Å². The summed E-state index contributed by atoms with van der Waals surface area (Å²) in [6.07, 6.45) is 4.73. The van der Waals surface area contributed by atoms with Crippen molar-refractivity contribution in [3.05, 3.63) is 39.9 Å². The van der Waals surface area contributed by atoms with Crippen molar-refractivity contribution >= 4 is 22.0 Å². The number of rotatable bonds is 3. The summed E-state index contributed by atoms with van der Waals surface area (Å²) in [6.45, 7) is 2.29. The molecule has 2 heteroatoms. The Bertz CT molecular complexity index is 305. The number of aryl methyl sites for hydroxylation is 1. The largest absolute Gasteiger partial charge is 0.396 e. The fraction of sp³-hybridized carbons (Fsp3) is 0.273. The first-order chi connectivity index (χ1) is 6.24. The average molecular weight is 241 g/mol. The number of hydrogen-bond donors (Lipinski definition) is 1. The van der Waals surface area contributed by atoms with E-state index in [2.05, 4.69) is 35.0 Å². The van der Waals surface area contributed by atoms with E-state index >= 15 is 0 Å². The Kier molecular flexibility index (Phi) is 4.19. The zero-order chi connectivity index (χ0) is 9.68. The second-order valence-electron chi connectivity index (χ2n) is 2.92. The molecule has 0 heterocycles. The Hall–Kier alpha value is -0.600. The van der Waals surface area contributed by atoms with Gasteiger partial charge in [0.05, 0.1) is 0 Å². The molecule has 0 bridgehead atoms. The van der Waals surface area contributed by atoms with Gasteiger partial charge in [0.1, 0.15) is 0 Å². The number of halogens is 1. The van der Waals surface area contributed by atoms with Crippen LogP contribution in [-0.2, 0) is 0 Å². The molecule has 0 saturated carbocycles. The highest BCUT2D eigenvalue weighted by molar-refractivity contribution is 9.10. The fourth-order valence-corrected chi connectivity index (χ4v) is 1.45. The van der Waals surface area contributed by atoms with Crippen molar-refractivity contribution in [3.63, 3.8) is 0 Å². The Labute approximate surface area is 87.2 Å². The SMILES string of the molecule is Cc1ccc(Br)cc1C=CCCO. The molecule has 1 aromatic carbocycles. The lowest BCUT2D eigenvalue weighted by molar-refractivity contribution is 0.303. The van der Waals surface area contributed by atoms with E-state index in [9.17, 15) is 0 Å². The van der Waals surface area contributed by atoms with Gasteiger partial charge >= 0.3 is 0 Å². The van der Waals surface area contributed by atoms with Gasteiger partial charge in [0.15, 0.2) is 0 Å². The molecule has 1 rings (SSSR count). The van der Waals surface area contributed by atoms with Crippen molar-refractivity contribution in [1.82, 2.24) is 0 Å². The number of aliphatic hydroxyl groups is 1. The van der Waals surface area contributed by atoms with Crippen molar-refractivity contribution < 1.29 is 5.11 Å². The van der Waals surface area contributed by atoms with Gasteiger partial charge in [0.25, 0.3) is 0 Å². The predicted molar refractivity (Wildman–Crippen MR) is 59.6 cm³/mol. The van der Waals surface area contributed by atoms with E-state index in [-0.39, 0.29) is 6.61 Å². The van der Waals surface area contributed by atoms with Crippen LogP contribution in [0.1, 0.15) is 17.5 Å². The van der Waals surface area contributed by atoms with Crippen molar-refractivity contribution in [2.45, 2.75) is 13.3 Å². The maximum absolute atomic E-state index is 8.61. The maximum Gasteiger partial charge on any atom is 0.0465 e. The summed E-state index contributed by atoms with van der Waals surface area (Å²) in [6, 6.07) is 6.17. The van der Waals surface area contributed by atoms with Gasteiger partial charge in [-0.2, -0.15) is 0 Å². The van der Waals surface area contributed by atoms with E-state index in [0.717, 1.165) is 4.47 Å². The molecule has 1 nitrogen and oxygen atoms in total. The topological polar surface area (TPSA) is 20.2 Å². The van der Waals surface area contributed by atoms with E-state index in [1.165, 1.54) is 11.1 Å². The van der Waals surface area contributed by atoms with Gasteiger partial charge in [-0.15, -0.1) is 0 Å². The van der Waals surface area contributed by atoms with Gasteiger partial charge in [0.2, 0.25) is 0 Å². The Morgan fingerprint density at radius 2 is 2.23 bits per heavy atom. The van der Waals surface area contributed by atoms with Gasteiger partial charge < -0.3 is 5.11 Å². The molecule has 13 heavy (non-hydrogen) atoms. The Morgan fingerprint density at radius 1 is 1.46 bits per heavy atom. The molecule has 0 aliphatic heterocycles. The van der Waals surface area contributed by atoms with Crippen LogP contribution in [-0.4, -0.2) is 11.7 Å². The normalized spacial score (nSPS) is 11.0. The number of benzene rings is 1. The predicted octanol–water partition coefficient (Wildman–Crippen LogP) is 3.15. The molecule has 0 saturated heterocycles. The molecule has 0 spiro atoms. The molecule has 0 amide bonds. The summed E-state index contributed by atoms with van der Waals surface area (Å²) in [5.74, 6) is 0. The molecule has 0 aliphatic rings. The lowest BCUT2D eigenvalue weighted by Gasteiger charge is -2.00. The van der Waals surface area contributed by atoms with Crippen LogP contribution < -0.4 is 0 Å². The van der Waals surface area contributed by atoms with Crippen LogP contribution in [0.25, 0.3) is 6.08 Å². The third kappa shape index (κ3) is 3.33. The van der Waals surface area contributed by atoms with Crippen molar-refractivity contribution in [2.75, 3.05) is 6.61 Å². The van der Waals surface area contributed by atoms with Gasteiger partial charge in [-0.25, -0.2) is 0 Å². The van der Waals surface area contributed by atoms with Crippen LogP contribution in [0.5, 0.6) is 0 Å². The molecule has 1 aromatic rings. The van der Waals surface area contributed by atoms with Gasteiger partial charge in [0, 0.05) is 11.1 Å². The second kappa shape index (κ2) is 5.20. The van der Waals surface area contributed by atoms with Crippen LogP contribution >= 0.6 is 15.9 Å². The average Bonchev–Trinajstić information content (AvgIpc) is 2.11. The van der Waals surface area contributed by atoms with Crippen LogP contribution in [0.3, 0.4) is 0 Å². The summed E-state index contributed by atoms with van der Waals surface area (Å²) >= 11 is 3.42. The molecule has 0 unspecified atom stereocenters. The van der Waals surface area contributed by atoms with E-state index in [0.29, 0.717) is 6.42 Å². The van der Waals surface area contributed by atoms with E-state index < -0.39 is 0 Å². The monoisotopic (exact) mass is 240 g/mol. The van der Waals surface area contributed by atoms with Crippen LogP contribution in [0.15, 0.2) is 28.7 Å². The highest BCUT2D eigenvalue weighted by atomic mass is 79.9. The second-order valence-corrected chi connectivity index (χ2v) is 3.83. The lowest BCUT2D eigenvalue weighted by atomic mass is 10.1. The smallest absolute Gasteiger partial charge is 0.0465 e.